The van der Waals surface area contributed by atoms with Crippen LogP contribution in [0.25, 0.3) is 0 Å². The third-order valence-corrected chi connectivity index (χ3v) is 4.88. The number of nitrogens with one attached hydrogen (secondary N) is 2. The molecule has 0 aliphatic carbocycles. The number of amides is 3. The molecule has 6 heteroatoms. The van der Waals surface area contributed by atoms with Gasteiger partial charge in [0.15, 0.2) is 0 Å². The maximum absolute atomic E-state index is 13.0. The second-order valence-corrected chi connectivity index (χ2v) is 7.47. The SMILES string of the molecule is CC(C)NC(=O)N1CCCc2cc([C@H](C)C(=O)Nc3ccc(F)cc3)ccc21. The summed E-state index contributed by atoms with van der Waals surface area (Å²) in [4.78, 5) is 26.8. The largest absolute Gasteiger partial charge is 0.336 e. The third kappa shape index (κ3) is 4.50. The van der Waals surface area contributed by atoms with Crippen LogP contribution in [0.3, 0.4) is 0 Å². The van der Waals surface area contributed by atoms with Crippen LogP contribution in [0.5, 0.6) is 0 Å². The fraction of sp³-hybridized carbons (Fsp3) is 0.364. The second kappa shape index (κ2) is 8.42. The Morgan fingerprint density at radius 2 is 1.79 bits per heavy atom. The standard InChI is InChI=1S/C22H26FN3O2/c1-14(2)24-22(28)26-12-4-5-17-13-16(6-11-20(17)26)15(3)21(27)25-19-9-7-18(23)8-10-19/h6-11,13-15H,4-5,12H2,1-3H3,(H,24,28)(H,25,27)/t15-/m0/s1. The lowest BCUT2D eigenvalue weighted by Gasteiger charge is -2.31. The maximum Gasteiger partial charge on any atom is 0.322 e. The summed E-state index contributed by atoms with van der Waals surface area (Å²) < 4.78 is 13.0. The minimum Gasteiger partial charge on any atom is -0.336 e. The summed E-state index contributed by atoms with van der Waals surface area (Å²) in [7, 11) is 0. The molecule has 2 N–H and O–H groups in total. The highest BCUT2D eigenvalue weighted by molar-refractivity contribution is 5.96. The Hall–Kier alpha value is -2.89. The lowest BCUT2D eigenvalue weighted by Crippen LogP contribution is -2.45. The van der Waals surface area contributed by atoms with Crippen LogP contribution in [-0.2, 0) is 11.2 Å². The van der Waals surface area contributed by atoms with Gasteiger partial charge in [-0.1, -0.05) is 12.1 Å². The first-order chi connectivity index (χ1) is 13.3. The minimum atomic E-state index is -0.366. The van der Waals surface area contributed by atoms with Gasteiger partial charge in [0.2, 0.25) is 5.91 Å². The van der Waals surface area contributed by atoms with Gasteiger partial charge in [0, 0.05) is 24.0 Å². The van der Waals surface area contributed by atoms with Crippen molar-refractivity contribution >= 4 is 23.3 Å². The Labute approximate surface area is 164 Å². The van der Waals surface area contributed by atoms with E-state index in [1.54, 1.807) is 4.90 Å². The van der Waals surface area contributed by atoms with Gasteiger partial charge in [-0.05, 0) is 75.1 Å². The Morgan fingerprint density at radius 3 is 2.46 bits per heavy atom. The monoisotopic (exact) mass is 383 g/mol. The Kier molecular flexibility index (Phi) is 5.97. The van der Waals surface area contributed by atoms with Crippen molar-refractivity contribution in [2.45, 2.75) is 45.6 Å². The molecule has 3 amide bonds. The molecular weight excluding hydrogens is 357 g/mol. The first kappa shape index (κ1) is 19.9. The van der Waals surface area contributed by atoms with Crippen LogP contribution < -0.4 is 15.5 Å². The smallest absolute Gasteiger partial charge is 0.322 e. The van der Waals surface area contributed by atoms with E-state index in [-0.39, 0.29) is 29.7 Å². The van der Waals surface area contributed by atoms with Gasteiger partial charge in [-0.25, -0.2) is 9.18 Å². The molecular formula is C22H26FN3O2. The highest BCUT2D eigenvalue weighted by Gasteiger charge is 2.24. The zero-order valence-corrected chi connectivity index (χ0v) is 16.5. The number of carbonyl (C=O) groups is 2. The normalized spacial score (nSPS) is 14.4. The minimum absolute atomic E-state index is 0.0762. The zero-order chi connectivity index (χ0) is 20.3. The number of hydrogen-bond acceptors (Lipinski definition) is 2. The molecule has 3 rings (SSSR count). The highest BCUT2D eigenvalue weighted by atomic mass is 19.1. The predicted molar refractivity (Wildman–Crippen MR) is 109 cm³/mol. The van der Waals surface area contributed by atoms with Crippen LogP contribution in [0.2, 0.25) is 0 Å². The van der Waals surface area contributed by atoms with Crippen LogP contribution in [-0.4, -0.2) is 24.5 Å². The van der Waals surface area contributed by atoms with Crippen LogP contribution in [0.1, 0.15) is 44.2 Å². The molecule has 0 unspecified atom stereocenters. The molecule has 5 nitrogen and oxygen atoms in total. The molecule has 0 saturated heterocycles. The molecule has 1 heterocycles. The third-order valence-electron chi connectivity index (χ3n) is 4.88. The number of halogens is 1. The van der Waals surface area contributed by atoms with E-state index in [2.05, 4.69) is 10.6 Å². The Bertz CT molecular complexity index is 865. The van der Waals surface area contributed by atoms with Gasteiger partial charge in [-0.2, -0.15) is 0 Å². The number of fused-ring (bicyclic) bond motifs is 1. The molecule has 1 aliphatic heterocycles. The van der Waals surface area contributed by atoms with Crippen molar-refractivity contribution in [2.24, 2.45) is 0 Å². The summed E-state index contributed by atoms with van der Waals surface area (Å²) in [5.74, 6) is -0.862. The topological polar surface area (TPSA) is 61.4 Å². The average molecular weight is 383 g/mol. The first-order valence-corrected chi connectivity index (χ1v) is 9.62. The highest BCUT2D eigenvalue weighted by Crippen LogP contribution is 2.31. The molecule has 1 aliphatic rings. The van der Waals surface area contributed by atoms with E-state index in [1.165, 1.54) is 24.3 Å². The maximum atomic E-state index is 13.0. The first-order valence-electron chi connectivity index (χ1n) is 9.62. The molecule has 0 aromatic heterocycles. The Balaban J connectivity index is 1.75. The summed E-state index contributed by atoms with van der Waals surface area (Å²) in [5.41, 5.74) is 3.43. The van der Waals surface area contributed by atoms with E-state index in [0.29, 0.717) is 12.2 Å². The molecule has 0 bridgehead atoms. The molecule has 1 atom stereocenters. The van der Waals surface area contributed by atoms with E-state index in [1.807, 2.05) is 39.0 Å². The van der Waals surface area contributed by atoms with Crippen molar-refractivity contribution in [2.75, 3.05) is 16.8 Å². The summed E-state index contributed by atoms with van der Waals surface area (Å²) in [6, 6.07) is 11.5. The number of anilines is 2. The number of aryl methyl sites for hydroxylation is 1. The molecule has 0 radical (unpaired) electrons. The van der Waals surface area contributed by atoms with E-state index in [4.69, 9.17) is 0 Å². The van der Waals surface area contributed by atoms with Crippen molar-refractivity contribution in [3.63, 3.8) is 0 Å². The van der Waals surface area contributed by atoms with Gasteiger partial charge >= 0.3 is 6.03 Å². The molecule has 2 aromatic carbocycles. The van der Waals surface area contributed by atoms with Gasteiger partial charge in [0.1, 0.15) is 5.82 Å². The Morgan fingerprint density at radius 1 is 1.07 bits per heavy atom. The van der Waals surface area contributed by atoms with Crippen LogP contribution >= 0.6 is 0 Å². The number of urea groups is 1. The van der Waals surface area contributed by atoms with E-state index in [0.717, 1.165) is 29.7 Å². The summed E-state index contributed by atoms with van der Waals surface area (Å²) in [5, 5.41) is 5.75. The summed E-state index contributed by atoms with van der Waals surface area (Å²) in [6.07, 6.45) is 1.76. The van der Waals surface area contributed by atoms with Gasteiger partial charge < -0.3 is 10.6 Å². The second-order valence-electron chi connectivity index (χ2n) is 7.47. The number of nitrogens with zero attached hydrogens (tertiary/aromatic N) is 1. The molecule has 0 spiro atoms. The van der Waals surface area contributed by atoms with Crippen LogP contribution in [0.15, 0.2) is 42.5 Å². The molecule has 0 fully saturated rings. The fourth-order valence-electron chi connectivity index (χ4n) is 3.36. The van der Waals surface area contributed by atoms with E-state index in [9.17, 15) is 14.0 Å². The predicted octanol–water partition coefficient (Wildman–Crippen LogP) is 4.44. The van der Waals surface area contributed by atoms with Crippen LogP contribution in [0, 0.1) is 5.82 Å². The van der Waals surface area contributed by atoms with Crippen molar-refractivity contribution < 1.29 is 14.0 Å². The van der Waals surface area contributed by atoms with Crippen molar-refractivity contribution in [3.8, 4) is 0 Å². The van der Waals surface area contributed by atoms with Gasteiger partial charge in [0.05, 0.1) is 5.92 Å². The van der Waals surface area contributed by atoms with Gasteiger partial charge in [-0.3, -0.25) is 9.69 Å². The number of rotatable bonds is 4. The molecule has 0 saturated carbocycles. The number of carbonyl (C=O) groups excluding carboxylic acids is 2. The van der Waals surface area contributed by atoms with E-state index < -0.39 is 0 Å². The molecule has 28 heavy (non-hydrogen) atoms. The van der Waals surface area contributed by atoms with Crippen molar-refractivity contribution in [3.05, 3.63) is 59.4 Å². The summed E-state index contributed by atoms with van der Waals surface area (Å²) >= 11 is 0. The van der Waals surface area contributed by atoms with Gasteiger partial charge in [0.25, 0.3) is 0 Å². The number of hydrogen-bond donors (Lipinski definition) is 2. The zero-order valence-electron chi connectivity index (χ0n) is 16.5. The van der Waals surface area contributed by atoms with Gasteiger partial charge in [-0.15, -0.1) is 0 Å². The van der Waals surface area contributed by atoms with Crippen LogP contribution in [0.4, 0.5) is 20.6 Å². The summed E-state index contributed by atoms with van der Waals surface area (Å²) in [6.45, 7) is 6.40. The molecule has 2 aromatic rings. The van der Waals surface area contributed by atoms with E-state index >= 15 is 0 Å². The number of benzene rings is 2. The quantitative estimate of drug-likeness (QED) is 0.820. The fourth-order valence-corrected chi connectivity index (χ4v) is 3.36. The lowest BCUT2D eigenvalue weighted by atomic mass is 9.93. The molecule has 148 valence electrons. The van der Waals surface area contributed by atoms with Crippen molar-refractivity contribution in [1.29, 1.82) is 0 Å². The van der Waals surface area contributed by atoms with Crippen molar-refractivity contribution in [1.82, 2.24) is 5.32 Å². The lowest BCUT2D eigenvalue weighted by molar-refractivity contribution is -0.117. The average Bonchev–Trinajstić information content (AvgIpc) is 2.67.